The lowest BCUT2D eigenvalue weighted by Crippen LogP contribution is -2.18. The van der Waals surface area contributed by atoms with Crippen molar-refractivity contribution in [1.82, 2.24) is 14.8 Å². The summed E-state index contributed by atoms with van der Waals surface area (Å²) in [6.45, 7) is 2.04. The molecule has 0 radical (unpaired) electrons. The zero-order chi connectivity index (χ0) is 24.6. The van der Waals surface area contributed by atoms with Crippen LogP contribution in [0.15, 0.2) is 42.6 Å². The molecule has 0 saturated heterocycles. The maximum Gasteiger partial charge on any atom is 0.433 e. The molecule has 3 aromatic heterocycles. The van der Waals surface area contributed by atoms with Gasteiger partial charge in [0.25, 0.3) is 5.91 Å². The summed E-state index contributed by atoms with van der Waals surface area (Å²) in [4.78, 5) is 28.2. The van der Waals surface area contributed by atoms with Crippen LogP contribution in [0.25, 0.3) is 21.3 Å². The first-order chi connectivity index (χ1) is 16.0. The van der Waals surface area contributed by atoms with Gasteiger partial charge in [-0.05, 0) is 42.3 Å². The van der Waals surface area contributed by atoms with Crippen LogP contribution in [0.5, 0.6) is 0 Å². The third-order valence-electron chi connectivity index (χ3n) is 4.94. The summed E-state index contributed by atoms with van der Waals surface area (Å²) >= 11 is 0.642. The van der Waals surface area contributed by atoms with Crippen LogP contribution in [0.1, 0.15) is 27.5 Å². The molecule has 0 spiro atoms. The molecule has 0 aliphatic carbocycles. The highest BCUT2D eigenvalue weighted by Gasteiger charge is 2.35. The van der Waals surface area contributed by atoms with Crippen LogP contribution in [0.4, 0.5) is 23.2 Å². The van der Waals surface area contributed by atoms with Crippen LogP contribution < -0.4 is 11.1 Å². The zero-order valence-electron chi connectivity index (χ0n) is 17.6. The molecule has 4 rings (SSSR count). The first-order valence-corrected chi connectivity index (χ1v) is 10.7. The van der Waals surface area contributed by atoms with Gasteiger partial charge in [0.15, 0.2) is 0 Å². The van der Waals surface area contributed by atoms with E-state index in [1.54, 1.807) is 23.9 Å². The zero-order valence-corrected chi connectivity index (χ0v) is 18.4. The van der Waals surface area contributed by atoms with Crippen LogP contribution in [-0.2, 0) is 17.5 Å². The molecule has 0 bridgehead atoms. The molecule has 3 N–H and O–H groups in total. The van der Waals surface area contributed by atoms with Gasteiger partial charge in [0.05, 0.1) is 11.4 Å². The minimum atomic E-state index is -4.77. The summed E-state index contributed by atoms with van der Waals surface area (Å²) in [5.41, 5.74) is 5.28. The topological polar surface area (TPSA) is 103 Å². The van der Waals surface area contributed by atoms with E-state index in [0.29, 0.717) is 11.3 Å². The van der Waals surface area contributed by atoms with Gasteiger partial charge in [-0.2, -0.15) is 18.3 Å². The number of nitrogens with two attached hydrogens (primary N) is 1. The molecule has 0 saturated carbocycles. The van der Waals surface area contributed by atoms with E-state index >= 15 is 0 Å². The normalized spacial score (nSPS) is 11.7. The highest BCUT2D eigenvalue weighted by Crippen LogP contribution is 2.43. The molecule has 3 heterocycles. The monoisotopic (exact) mass is 491 g/mol. The second-order valence-corrected chi connectivity index (χ2v) is 8.43. The maximum atomic E-state index is 13.5. The predicted molar refractivity (Wildman–Crippen MR) is 119 cm³/mol. The van der Waals surface area contributed by atoms with E-state index in [4.69, 9.17) is 5.73 Å². The number of pyridine rings is 1. The Morgan fingerprint density at radius 3 is 2.47 bits per heavy atom. The van der Waals surface area contributed by atoms with Crippen molar-refractivity contribution in [3.05, 3.63) is 64.7 Å². The number of aromatic nitrogens is 3. The molecule has 0 aliphatic heterocycles. The molecule has 0 unspecified atom stereocenters. The van der Waals surface area contributed by atoms with Gasteiger partial charge in [0.2, 0.25) is 5.91 Å². The molecule has 176 valence electrons. The largest absolute Gasteiger partial charge is 0.433 e. The highest BCUT2D eigenvalue weighted by atomic mass is 32.1. The number of amides is 2. The highest BCUT2D eigenvalue weighted by molar-refractivity contribution is 7.21. The SMILES string of the molecule is Cc1ccn(CCC(=O)Nc2c(C(N)=O)sc3nc(C(F)(F)F)cc(-c4ccc(F)cc4)c23)n1. The summed E-state index contributed by atoms with van der Waals surface area (Å²) in [6, 6.07) is 7.37. The van der Waals surface area contributed by atoms with Crippen molar-refractivity contribution < 1.29 is 27.2 Å². The second kappa shape index (κ2) is 8.86. The fourth-order valence-corrected chi connectivity index (χ4v) is 4.41. The van der Waals surface area contributed by atoms with E-state index in [1.165, 1.54) is 12.1 Å². The Hall–Kier alpha value is -3.80. The van der Waals surface area contributed by atoms with Crippen LogP contribution in [0.2, 0.25) is 0 Å². The number of nitrogens with one attached hydrogen (secondary N) is 1. The van der Waals surface area contributed by atoms with Crippen molar-refractivity contribution >= 4 is 39.1 Å². The van der Waals surface area contributed by atoms with Gasteiger partial charge in [0, 0.05) is 24.5 Å². The van der Waals surface area contributed by atoms with Crippen LogP contribution in [0, 0.1) is 12.7 Å². The lowest BCUT2D eigenvalue weighted by atomic mass is 10.0. The molecule has 0 aliphatic rings. The maximum absolute atomic E-state index is 13.5. The molecule has 7 nitrogen and oxygen atoms in total. The summed E-state index contributed by atoms with van der Waals surface area (Å²) in [7, 11) is 0. The lowest BCUT2D eigenvalue weighted by Gasteiger charge is -2.12. The molecule has 12 heteroatoms. The van der Waals surface area contributed by atoms with Crippen LogP contribution >= 0.6 is 11.3 Å². The molecule has 2 amide bonds. The number of anilines is 1. The van der Waals surface area contributed by atoms with Crippen LogP contribution in [-0.4, -0.2) is 26.6 Å². The number of hydrogen-bond donors (Lipinski definition) is 2. The third kappa shape index (κ3) is 4.76. The van der Waals surface area contributed by atoms with Gasteiger partial charge in [0.1, 0.15) is 21.2 Å². The first-order valence-electron chi connectivity index (χ1n) is 9.93. The number of alkyl halides is 3. The number of halogens is 4. The van der Waals surface area contributed by atoms with E-state index in [-0.39, 0.29) is 44.9 Å². The standard InChI is InChI=1S/C22H17F4N5O2S/c1-11-6-8-31(30-11)9-7-16(32)29-18-17-14(12-2-4-13(23)5-3-12)10-15(22(24,25)26)28-21(17)34-19(18)20(27)33/h2-6,8,10H,7,9H2,1H3,(H2,27,33)(H,29,32). The summed E-state index contributed by atoms with van der Waals surface area (Å²) in [5, 5.41) is 6.90. The molecule has 4 aromatic rings. The summed E-state index contributed by atoms with van der Waals surface area (Å²) < 4.78 is 55.6. The van der Waals surface area contributed by atoms with Gasteiger partial charge < -0.3 is 11.1 Å². The quantitative estimate of drug-likeness (QED) is 0.380. The van der Waals surface area contributed by atoms with Crippen molar-refractivity contribution in [2.24, 2.45) is 5.73 Å². The number of primary amides is 1. The summed E-state index contributed by atoms with van der Waals surface area (Å²) in [6.07, 6.45) is -3.09. The van der Waals surface area contributed by atoms with E-state index in [1.807, 2.05) is 0 Å². The number of fused-ring (bicyclic) bond motifs is 1. The average Bonchev–Trinajstić information content (AvgIpc) is 3.35. The molecular weight excluding hydrogens is 474 g/mol. The van der Waals surface area contributed by atoms with Crippen molar-refractivity contribution in [2.45, 2.75) is 26.1 Å². The fraction of sp³-hybridized carbons (Fsp3) is 0.182. The molecule has 34 heavy (non-hydrogen) atoms. The molecular formula is C22H17F4N5O2S. The number of thiophene rings is 1. The van der Waals surface area contributed by atoms with Gasteiger partial charge in [-0.3, -0.25) is 14.3 Å². The Balaban J connectivity index is 1.82. The number of benzene rings is 1. The smallest absolute Gasteiger partial charge is 0.365 e. The second-order valence-electron chi connectivity index (χ2n) is 7.43. The number of rotatable bonds is 6. The minimum absolute atomic E-state index is 0.0173. The average molecular weight is 491 g/mol. The van der Waals surface area contributed by atoms with Crippen molar-refractivity contribution in [1.29, 1.82) is 0 Å². The Bertz CT molecular complexity index is 1390. The van der Waals surface area contributed by atoms with Gasteiger partial charge >= 0.3 is 6.18 Å². The van der Waals surface area contributed by atoms with E-state index in [9.17, 15) is 27.2 Å². The van der Waals surface area contributed by atoms with E-state index in [2.05, 4.69) is 15.4 Å². The molecule has 0 fully saturated rings. The fourth-order valence-electron chi connectivity index (χ4n) is 3.40. The Morgan fingerprint density at radius 1 is 1.18 bits per heavy atom. The van der Waals surface area contributed by atoms with E-state index in [0.717, 1.165) is 23.9 Å². The van der Waals surface area contributed by atoms with Crippen molar-refractivity contribution in [2.75, 3.05) is 5.32 Å². The number of hydrogen-bond acceptors (Lipinski definition) is 5. The number of carbonyl (C=O) groups excluding carboxylic acids is 2. The first kappa shape index (κ1) is 23.4. The minimum Gasteiger partial charge on any atom is -0.365 e. The third-order valence-corrected chi connectivity index (χ3v) is 6.04. The lowest BCUT2D eigenvalue weighted by molar-refractivity contribution is -0.140. The van der Waals surface area contributed by atoms with E-state index < -0.39 is 29.5 Å². The van der Waals surface area contributed by atoms with Gasteiger partial charge in [-0.15, -0.1) is 11.3 Å². The predicted octanol–water partition coefficient (Wildman–Crippen LogP) is 4.75. The van der Waals surface area contributed by atoms with Crippen molar-refractivity contribution in [3.63, 3.8) is 0 Å². The van der Waals surface area contributed by atoms with Crippen molar-refractivity contribution in [3.8, 4) is 11.1 Å². The Morgan fingerprint density at radius 2 is 1.88 bits per heavy atom. The number of aryl methyl sites for hydroxylation is 2. The molecule has 1 aromatic carbocycles. The summed E-state index contributed by atoms with van der Waals surface area (Å²) in [5.74, 6) is -2.00. The van der Waals surface area contributed by atoms with Gasteiger partial charge in [-0.25, -0.2) is 9.37 Å². The van der Waals surface area contributed by atoms with Crippen LogP contribution in [0.3, 0.4) is 0 Å². The Kier molecular flexibility index (Phi) is 6.09. The number of carbonyl (C=O) groups is 2. The number of nitrogens with zero attached hydrogens (tertiary/aromatic N) is 3. The van der Waals surface area contributed by atoms with Gasteiger partial charge in [-0.1, -0.05) is 12.1 Å². The molecule has 0 atom stereocenters. The Labute approximate surface area is 194 Å².